The van der Waals surface area contributed by atoms with Gasteiger partial charge in [0.15, 0.2) is 18.1 Å². The molecule has 0 radical (unpaired) electrons. The molecule has 0 spiro atoms. The first-order valence-corrected chi connectivity index (χ1v) is 13.7. The molecule has 1 heterocycles. The van der Waals surface area contributed by atoms with Gasteiger partial charge in [-0.05, 0) is 82.2 Å². The Balaban J connectivity index is 1.28. The van der Waals surface area contributed by atoms with E-state index < -0.39 is 11.8 Å². The molecule has 1 saturated heterocycles. The zero-order valence-electron chi connectivity index (χ0n) is 21.1. The molecule has 0 aromatic heterocycles. The Bertz CT molecular complexity index is 1660. The van der Waals surface area contributed by atoms with Gasteiger partial charge in [-0.15, -0.1) is 0 Å². The standard InChI is InChI=1S/C30H22Cl2N2O5S/c1-38-25-14-19(13-24(32)28(25)39-17-27(35)33-23-10-8-22(31)9-11-23)15-26-29(36)34(30(37)40-26)16-18-6-7-20-4-2-3-5-21(20)12-18/h2-15H,16-17H2,1H3,(H,33,35)/b26-15-. The number of carbonyl (C=O) groups is 3. The SMILES string of the molecule is COc1cc(/C=C2\SC(=O)N(Cc3ccc4ccccc4c3)C2=O)cc(Cl)c1OCC(=O)Nc1ccc(Cl)cc1. The Hall–Kier alpha value is -3.98. The number of benzene rings is 4. The summed E-state index contributed by atoms with van der Waals surface area (Å²) in [5.74, 6) is -0.340. The zero-order valence-corrected chi connectivity index (χ0v) is 23.5. The van der Waals surface area contributed by atoms with Gasteiger partial charge in [0.1, 0.15) is 0 Å². The van der Waals surface area contributed by atoms with Crippen LogP contribution in [0.4, 0.5) is 10.5 Å². The molecule has 7 nitrogen and oxygen atoms in total. The smallest absolute Gasteiger partial charge is 0.293 e. The number of hydrogen-bond donors (Lipinski definition) is 1. The highest BCUT2D eigenvalue weighted by Gasteiger charge is 2.35. The molecule has 40 heavy (non-hydrogen) atoms. The maximum atomic E-state index is 13.1. The van der Waals surface area contributed by atoms with Gasteiger partial charge in [0.05, 0.1) is 23.6 Å². The second-order valence-corrected chi connectivity index (χ2v) is 10.7. The van der Waals surface area contributed by atoms with Crippen molar-refractivity contribution in [2.45, 2.75) is 6.54 Å². The summed E-state index contributed by atoms with van der Waals surface area (Å²) in [6, 6.07) is 23.6. The van der Waals surface area contributed by atoms with Crippen molar-refractivity contribution >= 4 is 74.6 Å². The minimum absolute atomic E-state index is 0.168. The Kier molecular flexibility index (Phi) is 8.30. The molecule has 0 aliphatic carbocycles. The van der Waals surface area contributed by atoms with Crippen LogP contribution in [0.3, 0.4) is 0 Å². The highest BCUT2D eigenvalue weighted by atomic mass is 35.5. The number of ether oxygens (including phenoxy) is 2. The van der Waals surface area contributed by atoms with E-state index in [1.54, 1.807) is 42.5 Å². The average molecular weight is 593 g/mol. The van der Waals surface area contributed by atoms with Gasteiger partial charge in [-0.25, -0.2) is 0 Å². The van der Waals surface area contributed by atoms with E-state index in [4.69, 9.17) is 32.7 Å². The first kappa shape index (κ1) is 27.6. The molecule has 5 rings (SSSR count). The van der Waals surface area contributed by atoms with Crippen molar-refractivity contribution < 1.29 is 23.9 Å². The van der Waals surface area contributed by atoms with E-state index in [1.807, 2.05) is 42.5 Å². The lowest BCUT2D eigenvalue weighted by molar-refractivity contribution is -0.123. The summed E-state index contributed by atoms with van der Waals surface area (Å²) in [5.41, 5.74) is 1.96. The minimum atomic E-state index is -0.399. The molecular formula is C30H22Cl2N2O5S. The van der Waals surface area contributed by atoms with Crippen molar-refractivity contribution in [1.29, 1.82) is 0 Å². The fourth-order valence-electron chi connectivity index (χ4n) is 4.14. The molecule has 0 atom stereocenters. The summed E-state index contributed by atoms with van der Waals surface area (Å²) in [5, 5.41) is 5.21. The van der Waals surface area contributed by atoms with Crippen molar-refractivity contribution in [3.63, 3.8) is 0 Å². The van der Waals surface area contributed by atoms with Gasteiger partial charge in [0, 0.05) is 10.7 Å². The summed E-state index contributed by atoms with van der Waals surface area (Å²) in [4.78, 5) is 39.6. The second kappa shape index (κ2) is 12.0. The van der Waals surface area contributed by atoms with Gasteiger partial charge < -0.3 is 14.8 Å². The molecule has 4 aromatic carbocycles. The van der Waals surface area contributed by atoms with Crippen LogP contribution in [0.15, 0.2) is 83.8 Å². The zero-order chi connectivity index (χ0) is 28.2. The monoisotopic (exact) mass is 592 g/mol. The maximum Gasteiger partial charge on any atom is 0.293 e. The van der Waals surface area contributed by atoms with Gasteiger partial charge in [0.2, 0.25) is 0 Å². The molecule has 0 bridgehead atoms. The van der Waals surface area contributed by atoms with Gasteiger partial charge in [0.25, 0.3) is 17.1 Å². The lowest BCUT2D eigenvalue weighted by Gasteiger charge is -2.14. The van der Waals surface area contributed by atoms with Crippen LogP contribution in [0.2, 0.25) is 10.0 Å². The van der Waals surface area contributed by atoms with E-state index in [9.17, 15) is 14.4 Å². The topological polar surface area (TPSA) is 84.9 Å². The largest absolute Gasteiger partial charge is 0.493 e. The molecule has 0 saturated carbocycles. The molecule has 1 N–H and O–H groups in total. The first-order valence-electron chi connectivity index (χ1n) is 12.1. The summed E-state index contributed by atoms with van der Waals surface area (Å²) in [6.07, 6.45) is 1.58. The number of anilines is 1. The van der Waals surface area contributed by atoms with Crippen LogP contribution in [-0.2, 0) is 16.1 Å². The van der Waals surface area contributed by atoms with E-state index in [1.165, 1.54) is 12.0 Å². The van der Waals surface area contributed by atoms with E-state index in [0.717, 1.165) is 28.1 Å². The third-order valence-electron chi connectivity index (χ3n) is 6.05. The van der Waals surface area contributed by atoms with Gasteiger partial charge in [-0.3, -0.25) is 19.3 Å². The Morgan fingerprint density at radius 3 is 2.48 bits per heavy atom. The highest BCUT2D eigenvalue weighted by Crippen LogP contribution is 2.39. The molecule has 0 unspecified atom stereocenters. The molecule has 10 heteroatoms. The number of fused-ring (bicyclic) bond motifs is 1. The number of nitrogens with one attached hydrogen (secondary N) is 1. The summed E-state index contributed by atoms with van der Waals surface area (Å²) < 4.78 is 11.1. The predicted molar refractivity (Wildman–Crippen MR) is 159 cm³/mol. The third kappa shape index (κ3) is 6.25. The molecule has 3 amide bonds. The molecule has 1 aliphatic heterocycles. The van der Waals surface area contributed by atoms with Gasteiger partial charge in [-0.2, -0.15) is 0 Å². The van der Waals surface area contributed by atoms with Crippen LogP contribution >= 0.6 is 35.0 Å². The normalized spacial score (nSPS) is 14.2. The van der Waals surface area contributed by atoms with Gasteiger partial charge in [-0.1, -0.05) is 59.6 Å². The predicted octanol–water partition coefficient (Wildman–Crippen LogP) is 7.41. The van der Waals surface area contributed by atoms with Crippen LogP contribution < -0.4 is 14.8 Å². The second-order valence-electron chi connectivity index (χ2n) is 8.83. The van der Waals surface area contributed by atoms with Crippen LogP contribution in [0.25, 0.3) is 16.8 Å². The van der Waals surface area contributed by atoms with Crippen LogP contribution in [0, 0.1) is 0 Å². The summed E-state index contributed by atoms with van der Waals surface area (Å²) in [7, 11) is 1.44. The van der Waals surface area contributed by atoms with Crippen molar-refractivity contribution in [2.75, 3.05) is 19.0 Å². The molecule has 1 aliphatic rings. The van der Waals surface area contributed by atoms with Crippen molar-refractivity contribution in [3.05, 3.63) is 105 Å². The molecule has 202 valence electrons. The molecule has 1 fully saturated rings. The van der Waals surface area contributed by atoms with Gasteiger partial charge >= 0.3 is 0 Å². The number of carbonyl (C=O) groups excluding carboxylic acids is 3. The quantitative estimate of drug-likeness (QED) is 0.214. The highest BCUT2D eigenvalue weighted by molar-refractivity contribution is 8.18. The number of rotatable bonds is 8. The molecule has 4 aromatic rings. The number of nitrogens with zero attached hydrogens (tertiary/aromatic N) is 1. The summed E-state index contributed by atoms with van der Waals surface area (Å²) in [6.45, 7) is -0.145. The number of halogens is 2. The Labute approximate surface area is 244 Å². The van der Waals surface area contributed by atoms with Crippen molar-refractivity contribution in [2.24, 2.45) is 0 Å². The van der Waals surface area contributed by atoms with E-state index in [2.05, 4.69) is 5.32 Å². The fraction of sp³-hybridized carbons (Fsp3) is 0.100. The van der Waals surface area contributed by atoms with E-state index in [0.29, 0.717) is 16.3 Å². The number of imide groups is 1. The number of amides is 3. The van der Waals surface area contributed by atoms with E-state index >= 15 is 0 Å². The fourth-order valence-corrected chi connectivity index (χ4v) is 5.38. The molecular weight excluding hydrogens is 571 g/mol. The maximum absolute atomic E-state index is 13.1. The third-order valence-corrected chi connectivity index (χ3v) is 7.49. The summed E-state index contributed by atoms with van der Waals surface area (Å²) >= 11 is 13.2. The van der Waals surface area contributed by atoms with Crippen LogP contribution in [-0.4, -0.2) is 35.7 Å². The minimum Gasteiger partial charge on any atom is -0.493 e. The Morgan fingerprint density at radius 2 is 1.73 bits per heavy atom. The van der Waals surface area contributed by atoms with Crippen molar-refractivity contribution in [1.82, 2.24) is 4.90 Å². The average Bonchev–Trinajstić information content (AvgIpc) is 3.20. The first-order chi connectivity index (χ1) is 19.3. The number of methoxy groups -OCH3 is 1. The van der Waals surface area contributed by atoms with Crippen molar-refractivity contribution in [3.8, 4) is 11.5 Å². The number of hydrogen-bond acceptors (Lipinski definition) is 6. The number of thioether (sulfide) groups is 1. The van der Waals surface area contributed by atoms with Crippen LogP contribution in [0.5, 0.6) is 11.5 Å². The lowest BCUT2D eigenvalue weighted by Crippen LogP contribution is -2.27. The Morgan fingerprint density at radius 1 is 0.975 bits per heavy atom. The van der Waals surface area contributed by atoms with E-state index in [-0.39, 0.29) is 39.8 Å². The lowest BCUT2D eigenvalue weighted by atomic mass is 10.1. The van der Waals surface area contributed by atoms with Crippen LogP contribution in [0.1, 0.15) is 11.1 Å².